The fourth-order valence-electron chi connectivity index (χ4n) is 1.52. The Kier molecular flexibility index (Phi) is 2.48. The van der Waals surface area contributed by atoms with E-state index >= 15 is 0 Å². The molecule has 1 aromatic carbocycles. The smallest absolute Gasteiger partial charge is 0.375 e. The van der Waals surface area contributed by atoms with Crippen LogP contribution in [0.1, 0.15) is 21.7 Å². The fraction of sp³-hybridized carbons (Fsp3) is 0.167. The lowest BCUT2D eigenvalue weighted by atomic mass is 10.1. The summed E-state index contributed by atoms with van der Waals surface area (Å²) in [4.78, 5) is 10.8. The molecular weight excluding hydrogens is 206 g/mol. The predicted molar refractivity (Wildman–Crippen MR) is 58.4 cm³/mol. The summed E-state index contributed by atoms with van der Waals surface area (Å²) >= 11 is 0. The van der Waals surface area contributed by atoms with Crippen LogP contribution in [0.2, 0.25) is 0 Å². The monoisotopic (exact) mass is 217 g/mol. The van der Waals surface area contributed by atoms with Crippen LogP contribution in [0.25, 0.3) is 11.3 Å². The lowest BCUT2D eigenvalue weighted by Gasteiger charge is -1.97. The Bertz CT molecular complexity index is 526. The SMILES string of the molecule is Cc1ccc(-c2noc(C(=O)O)c2C)cc1. The Morgan fingerprint density at radius 2 is 1.88 bits per heavy atom. The fourth-order valence-corrected chi connectivity index (χ4v) is 1.52. The number of aryl methyl sites for hydroxylation is 1. The molecule has 2 rings (SSSR count). The van der Waals surface area contributed by atoms with E-state index in [4.69, 9.17) is 9.63 Å². The minimum absolute atomic E-state index is 0.101. The van der Waals surface area contributed by atoms with Gasteiger partial charge in [-0.3, -0.25) is 0 Å². The molecule has 0 aliphatic heterocycles. The third-order valence-electron chi connectivity index (χ3n) is 2.44. The molecule has 0 unspecified atom stereocenters. The summed E-state index contributed by atoms with van der Waals surface area (Å²) in [5, 5.41) is 12.6. The molecule has 82 valence electrons. The summed E-state index contributed by atoms with van der Waals surface area (Å²) in [5.74, 6) is -1.20. The molecule has 16 heavy (non-hydrogen) atoms. The van der Waals surface area contributed by atoms with E-state index < -0.39 is 5.97 Å². The number of hydrogen-bond donors (Lipinski definition) is 1. The summed E-state index contributed by atoms with van der Waals surface area (Å²) in [6, 6.07) is 7.69. The van der Waals surface area contributed by atoms with Crippen molar-refractivity contribution in [2.24, 2.45) is 0 Å². The Morgan fingerprint density at radius 1 is 1.25 bits per heavy atom. The van der Waals surface area contributed by atoms with Crippen molar-refractivity contribution in [2.45, 2.75) is 13.8 Å². The van der Waals surface area contributed by atoms with Crippen LogP contribution in [0, 0.1) is 13.8 Å². The Morgan fingerprint density at radius 3 is 2.38 bits per heavy atom. The van der Waals surface area contributed by atoms with Crippen molar-refractivity contribution in [3.63, 3.8) is 0 Å². The van der Waals surface area contributed by atoms with E-state index in [0.717, 1.165) is 11.1 Å². The highest BCUT2D eigenvalue weighted by atomic mass is 16.5. The number of hydrogen-bond acceptors (Lipinski definition) is 3. The number of benzene rings is 1. The number of carboxylic acid groups (broad SMARTS) is 1. The maximum absolute atomic E-state index is 10.8. The molecular formula is C12H11NO3. The molecule has 1 aromatic heterocycles. The van der Waals surface area contributed by atoms with Gasteiger partial charge in [0.25, 0.3) is 0 Å². The minimum Gasteiger partial charge on any atom is -0.475 e. The van der Waals surface area contributed by atoms with Crippen LogP contribution in [-0.2, 0) is 0 Å². The van der Waals surface area contributed by atoms with E-state index in [1.165, 1.54) is 0 Å². The predicted octanol–water partition coefficient (Wildman–Crippen LogP) is 2.66. The molecule has 0 saturated carbocycles. The van der Waals surface area contributed by atoms with Gasteiger partial charge in [0.15, 0.2) is 0 Å². The van der Waals surface area contributed by atoms with Crippen molar-refractivity contribution in [3.05, 3.63) is 41.2 Å². The molecule has 0 saturated heterocycles. The van der Waals surface area contributed by atoms with Crippen LogP contribution in [0.4, 0.5) is 0 Å². The molecule has 0 fully saturated rings. The highest BCUT2D eigenvalue weighted by Crippen LogP contribution is 2.24. The third-order valence-corrected chi connectivity index (χ3v) is 2.44. The summed E-state index contributed by atoms with van der Waals surface area (Å²) in [7, 11) is 0. The zero-order chi connectivity index (χ0) is 11.7. The van der Waals surface area contributed by atoms with Crippen LogP contribution in [0.3, 0.4) is 0 Å². The number of aromatic carboxylic acids is 1. The number of rotatable bonds is 2. The van der Waals surface area contributed by atoms with E-state index in [1.807, 2.05) is 31.2 Å². The topological polar surface area (TPSA) is 63.3 Å². The van der Waals surface area contributed by atoms with Crippen LogP contribution >= 0.6 is 0 Å². The van der Waals surface area contributed by atoms with Crippen LogP contribution in [0.5, 0.6) is 0 Å². The van der Waals surface area contributed by atoms with E-state index in [2.05, 4.69) is 5.16 Å². The molecule has 0 radical (unpaired) electrons. The van der Waals surface area contributed by atoms with Gasteiger partial charge in [0, 0.05) is 11.1 Å². The zero-order valence-electron chi connectivity index (χ0n) is 9.02. The van der Waals surface area contributed by atoms with Gasteiger partial charge in [0.05, 0.1) is 0 Å². The second-order valence-electron chi connectivity index (χ2n) is 3.66. The Labute approximate surface area is 92.5 Å². The number of aromatic nitrogens is 1. The first kappa shape index (κ1) is 10.4. The highest BCUT2D eigenvalue weighted by molar-refractivity contribution is 5.88. The van der Waals surface area contributed by atoms with Crippen molar-refractivity contribution >= 4 is 5.97 Å². The van der Waals surface area contributed by atoms with E-state index in [1.54, 1.807) is 6.92 Å². The lowest BCUT2D eigenvalue weighted by molar-refractivity contribution is 0.0651. The van der Waals surface area contributed by atoms with Gasteiger partial charge < -0.3 is 9.63 Å². The first-order valence-electron chi connectivity index (χ1n) is 4.86. The molecule has 4 heteroatoms. The Balaban J connectivity index is 2.49. The maximum atomic E-state index is 10.8. The molecule has 0 spiro atoms. The molecule has 0 atom stereocenters. The summed E-state index contributed by atoms with van der Waals surface area (Å²) in [6.07, 6.45) is 0. The van der Waals surface area contributed by atoms with Crippen molar-refractivity contribution in [2.75, 3.05) is 0 Å². The molecule has 0 aliphatic rings. The normalized spacial score (nSPS) is 10.4. The second-order valence-corrected chi connectivity index (χ2v) is 3.66. The van der Waals surface area contributed by atoms with Gasteiger partial charge in [-0.05, 0) is 13.8 Å². The third kappa shape index (κ3) is 1.69. The average molecular weight is 217 g/mol. The van der Waals surface area contributed by atoms with Crippen molar-refractivity contribution in [1.82, 2.24) is 5.16 Å². The highest BCUT2D eigenvalue weighted by Gasteiger charge is 2.18. The van der Waals surface area contributed by atoms with Crippen molar-refractivity contribution in [1.29, 1.82) is 0 Å². The first-order chi connectivity index (χ1) is 7.59. The van der Waals surface area contributed by atoms with Crippen molar-refractivity contribution in [3.8, 4) is 11.3 Å². The zero-order valence-corrected chi connectivity index (χ0v) is 9.02. The van der Waals surface area contributed by atoms with Crippen LogP contribution in [0.15, 0.2) is 28.8 Å². The molecule has 0 aliphatic carbocycles. The lowest BCUT2D eigenvalue weighted by Crippen LogP contribution is -1.95. The maximum Gasteiger partial charge on any atom is 0.375 e. The minimum atomic E-state index is -1.09. The van der Waals surface area contributed by atoms with Gasteiger partial charge in [0.1, 0.15) is 5.69 Å². The molecule has 1 heterocycles. The Hall–Kier alpha value is -2.10. The van der Waals surface area contributed by atoms with Crippen molar-refractivity contribution < 1.29 is 14.4 Å². The molecule has 0 amide bonds. The van der Waals surface area contributed by atoms with Gasteiger partial charge in [-0.25, -0.2) is 4.79 Å². The van der Waals surface area contributed by atoms with Gasteiger partial charge in [0.2, 0.25) is 5.76 Å². The van der Waals surface area contributed by atoms with Gasteiger partial charge in [-0.1, -0.05) is 35.0 Å². The summed E-state index contributed by atoms with van der Waals surface area (Å²) in [6.45, 7) is 3.68. The molecule has 4 nitrogen and oxygen atoms in total. The number of nitrogens with zero attached hydrogens (tertiary/aromatic N) is 1. The molecule has 2 aromatic rings. The summed E-state index contributed by atoms with van der Waals surface area (Å²) in [5.41, 5.74) is 3.14. The van der Waals surface area contributed by atoms with E-state index in [9.17, 15) is 4.79 Å². The quantitative estimate of drug-likeness (QED) is 0.839. The van der Waals surface area contributed by atoms with Gasteiger partial charge in [-0.2, -0.15) is 0 Å². The van der Waals surface area contributed by atoms with Crippen LogP contribution < -0.4 is 0 Å². The average Bonchev–Trinajstić information content (AvgIpc) is 2.61. The number of carbonyl (C=O) groups is 1. The summed E-state index contributed by atoms with van der Waals surface area (Å²) < 4.78 is 4.79. The molecule has 0 bridgehead atoms. The largest absolute Gasteiger partial charge is 0.475 e. The van der Waals surface area contributed by atoms with Gasteiger partial charge >= 0.3 is 5.97 Å². The number of carboxylic acids is 1. The van der Waals surface area contributed by atoms with Crippen LogP contribution in [-0.4, -0.2) is 16.2 Å². The second kappa shape index (κ2) is 3.81. The first-order valence-corrected chi connectivity index (χ1v) is 4.86. The molecule has 1 N–H and O–H groups in total. The van der Waals surface area contributed by atoms with E-state index in [-0.39, 0.29) is 5.76 Å². The standard InChI is InChI=1S/C12H11NO3/c1-7-3-5-9(6-4-7)10-8(2)11(12(14)15)16-13-10/h3-6H,1-2H3,(H,14,15). The van der Waals surface area contributed by atoms with Gasteiger partial charge in [-0.15, -0.1) is 0 Å². The van der Waals surface area contributed by atoms with E-state index in [0.29, 0.717) is 11.3 Å².